The molecule has 0 aliphatic heterocycles. The van der Waals surface area contributed by atoms with Crippen molar-refractivity contribution in [2.75, 3.05) is 38.3 Å². The number of halogens is 1. The number of ether oxygens (including phenoxy) is 1. The second-order valence-corrected chi connectivity index (χ2v) is 4.43. The van der Waals surface area contributed by atoms with E-state index in [2.05, 4.69) is 17.2 Å². The van der Waals surface area contributed by atoms with Crippen molar-refractivity contribution in [3.05, 3.63) is 23.6 Å². The Hall–Kier alpha value is -1.20. The molecule has 0 bridgehead atoms. The lowest BCUT2D eigenvalue weighted by atomic mass is 10.2. The summed E-state index contributed by atoms with van der Waals surface area (Å²) in [6.07, 6.45) is 2.31. The van der Waals surface area contributed by atoms with Crippen molar-refractivity contribution in [3.8, 4) is 0 Å². The molecule has 0 aromatic carbocycles. The first kappa shape index (κ1) is 15.9. The SMILES string of the molecule is CCCNCc1cc(F)cnc1N(C)CCOCC. The Bertz CT molecular complexity index is 374. The van der Waals surface area contributed by atoms with Crippen LogP contribution in [0.25, 0.3) is 0 Å². The third kappa shape index (κ3) is 5.53. The summed E-state index contributed by atoms with van der Waals surface area (Å²) in [7, 11) is 1.95. The summed E-state index contributed by atoms with van der Waals surface area (Å²) in [5.74, 6) is 0.514. The predicted octanol–water partition coefficient (Wildman–Crippen LogP) is 2.19. The van der Waals surface area contributed by atoms with Crippen molar-refractivity contribution in [3.63, 3.8) is 0 Å². The second-order valence-electron chi connectivity index (χ2n) is 4.43. The van der Waals surface area contributed by atoms with Crippen LogP contribution in [0.15, 0.2) is 12.3 Å². The van der Waals surface area contributed by atoms with Gasteiger partial charge < -0.3 is 15.0 Å². The van der Waals surface area contributed by atoms with Crippen molar-refractivity contribution < 1.29 is 9.13 Å². The smallest absolute Gasteiger partial charge is 0.141 e. The van der Waals surface area contributed by atoms with Gasteiger partial charge in [-0.15, -0.1) is 0 Å². The molecule has 0 saturated heterocycles. The number of rotatable bonds is 9. The van der Waals surface area contributed by atoms with Gasteiger partial charge in [0.05, 0.1) is 12.8 Å². The fourth-order valence-corrected chi connectivity index (χ4v) is 1.80. The van der Waals surface area contributed by atoms with E-state index in [0.29, 0.717) is 19.8 Å². The molecule has 19 heavy (non-hydrogen) atoms. The Morgan fingerprint density at radius 2 is 2.21 bits per heavy atom. The third-order valence-corrected chi connectivity index (χ3v) is 2.79. The summed E-state index contributed by atoms with van der Waals surface area (Å²) in [4.78, 5) is 6.19. The van der Waals surface area contributed by atoms with Gasteiger partial charge in [-0.3, -0.25) is 0 Å². The topological polar surface area (TPSA) is 37.4 Å². The van der Waals surface area contributed by atoms with Crippen molar-refractivity contribution in [2.45, 2.75) is 26.8 Å². The largest absolute Gasteiger partial charge is 0.380 e. The molecule has 0 radical (unpaired) electrons. The van der Waals surface area contributed by atoms with Crippen molar-refractivity contribution in [1.29, 1.82) is 0 Å². The van der Waals surface area contributed by atoms with Gasteiger partial charge >= 0.3 is 0 Å². The minimum atomic E-state index is -0.296. The van der Waals surface area contributed by atoms with Crippen LogP contribution in [0, 0.1) is 5.82 Å². The first-order valence-electron chi connectivity index (χ1n) is 6.83. The van der Waals surface area contributed by atoms with Gasteiger partial charge in [-0.05, 0) is 26.0 Å². The Kier molecular flexibility index (Phi) is 7.36. The minimum absolute atomic E-state index is 0.296. The number of aromatic nitrogens is 1. The van der Waals surface area contributed by atoms with Crippen LogP contribution in [0.2, 0.25) is 0 Å². The number of likely N-dealkylation sites (N-methyl/N-ethyl adjacent to an activating group) is 1. The van der Waals surface area contributed by atoms with Crippen LogP contribution in [0.5, 0.6) is 0 Å². The molecule has 0 aliphatic rings. The Morgan fingerprint density at radius 3 is 2.89 bits per heavy atom. The number of hydrogen-bond donors (Lipinski definition) is 1. The Morgan fingerprint density at radius 1 is 1.42 bits per heavy atom. The lowest BCUT2D eigenvalue weighted by Crippen LogP contribution is -2.26. The summed E-state index contributed by atoms with van der Waals surface area (Å²) in [5, 5.41) is 3.28. The lowest BCUT2D eigenvalue weighted by molar-refractivity contribution is 0.154. The monoisotopic (exact) mass is 269 g/mol. The molecular weight excluding hydrogens is 245 g/mol. The molecule has 0 amide bonds. The normalized spacial score (nSPS) is 10.7. The summed E-state index contributed by atoms with van der Waals surface area (Å²) in [6.45, 7) is 7.71. The number of nitrogens with one attached hydrogen (secondary N) is 1. The van der Waals surface area contributed by atoms with Crippen LogP contribution in [-0.2, 0) is 11.3 Å². The van der Waals surface area contributed by atoms with E-state index in [9.17, 15) is 4.39 Å². The molecule has 0 unspecified atom stereocenters. The van der Waals surface area contributed by atoms with Crippen LogP contribution in [0.4, 0.5) is 10.2 Å². The first-order valence-corrected chi connectivity index (χ1v) is 6.83. The molecule has 1 aromatic rings. The van der Waals surface area contributed by atoms with Crippen LogP contribution in [0.1, 0.15) is 25.8 Å². The number of anilines is 1. The molecule has 1 aromatic heterocycles. The van der Waals surface area contributed by atoms with E-state index in [1.165, 1.54) is 6.20 Å². The summed E-state index contributed by atoms with van der Waals surface area (Å²) in [6, 6.07) is 1.54. The van der Waals surface area contributed by atoms with Crippen LogP contribution in [-0.4, -0.2) is 38.3 Å². The molecule has 0 spiro atoms. The van der Waals surface area contributed by atoms with E-state index in [4.69, 9.17) is 4.74 Å². The lowest BCUT2D eigenvalue weighted by Gasteiger charge is -2.21. The average Bonchev–Trinajstić information content (AvgIpc) is 2.39. The second kappa shape index (κ2) is 8.82. The zero-order valence-electron chi connectivity index (χ0n) is 12.1. The molecule has 1 N–H and O–H groups in total. The number of hydrogen-bond acceptors (Lipinski definition) is 4. The maximum absolute atomic E-state index is 13.3. The van der Waals surface area contributed by atoms with Crippen LogP contribution in [0.3, 0.4) is 0 Å². The van der Waals surface area contributed by atoms with Gasteiger partial charge in [0.25, 0.3) is 0 Å². The Balaban J connectivity index is 2.68. The predicted molar refractivity (Wildman–Crippen MR) is 76.0 cm³/mol. The number of pyridine rings is 1. The van der Waals surface area contributed by atoms with E-state index in [1.54, 1.807) is 6.07 Å². The van der Waals surface area contributed by atoms with Crippen molar-refractivity contribution in [2.24, 2.45) is 0 Å². The van der Waals surface area contributed by atoms with Crippen LogP contribution < -0.4 is 10.2 Å². The Labute approximate surface area is 115 Å². The van der Waals surface area contributed by atoms with Gasteiger partial charge in [0.15, 0.2) is 0 Å². The fourth-order valence-electron chi connectivity index (χ4n) is 1.80. The minimum Gasteiger partial charge on any atom is -0.380 e. The molecule has 0 aliphatic carbocycles. The fraction of sp³-hybridized carbons (Fsp3) is 0.643. The van der Waals surface area contributed by atoms with Gasteiger partial charge in [-0.1, -0.05) is 6.92 Å². The third-order valence-electron chi connectivity index (χ3n) is 2.79. The van der Waals surface area contributed by atoms with E-state index < -0.39 is 0 Å². The number of nitrogens with zero attached hydrogens (tertiary/aromatic N) is 2. The van der Waals surface area contributed by atoms with E-state index in [-0.39, 0.29) is 5.82 Å². The average molecular weight is 269 g/mol. The van der Waals surface area contributed by atoms with Crippen molar-refractivity contribution in [1.82, 2.24) is 10.3 Å². The molecule has 1 rings (SSSR count). The first-order chi connectivity index (χ1) is 9.19. The van der Waals surface area contributed by atoms with Crippen molar-refractivity contribution >= 4 is 5.82 Å². The molecule has 0 atom stereocenters. The summed E-state index contributed by atoms with van der Waals surface area (Å²) < 4.78 is 18.6. The van der Waals surface area contributed by atoms with Crippen LogP contribution >= 0.6 is 0 Å². The summed E-state index contributed by atoms with van der Waals surface area (Å²) >= 11 is 0. The zero-order valence-corrected chi connectivity index (χ0v) is 12.1. The maximum atomic E-state index is 13.3. The maximum Gasteiger partial charge on any atom is 0.141 e. The standard InChI is InChI=1S/C14H24FN3O/c1-4-6-16-10-12-9-13(15)11-17-14(12)18(3)7-8-19-5-2/h9,11,16H,4-8,10H2,1-3H3. The highest BCUT2D eigenvalue weighted by atomic mass is 19.1. The zero-order chi connectivity index (χ0) is 14.1. The van der Waals surface area contributed by atoms with Gasteiger partial charge in [-0.2, -0.15) is 0 Å². The molecular formula is C14H24FN3O. The summed E-state index contributed by atoms with van der Waals surface area (Å²) in [5.41, 5.74) is 0.882. The van der Waals surface area contributed by atoms with E-state index in [1.807, 2.05) is 18.9 Å². The highest BCUT2D eigenvalue weighted by Gasteiger charge is 2.10. The molecule has 4 nitrogen and oxygen atoms in total. The molecule has 0 fully saturated rings. The highest BCUT2D eigenvalue weighted by Crippen LogP contribution is 2.17. The van der Waals surface area contributed by atoms with Gasteiger partial charge in [0.1, 0.15) is 11.6 Å². The molecule has 108 valence electrons. The van der Waals surface area contributed by atoms with Gasteiger partial charge in [0.2, 0.25) is 0 Å². The molecule has 1 heterocycles. The van der Waals surface area contributed by atoms with Gasteiger partial charge in [0, 0.05) is 32.3 Å². The van der Waals surface area contributed by atoms with E-state index in [0.717, 1.165) is 30.9 Å². The van der Waals surface area contributed by atoms with Gasteiger partial charge in [-0.25, -0.2) is 9.37 Å². The molecule has 0 saturated carbocycles. The van der Waals surface area contributed by atoms with E-state index >= 15 is 0 Å². The molecule has 5 heteroatoms. The quantitative estimate of drug-likeness (QED) is 0.697. The highest BCUT2D eigenvalue weighted by molar-refractivity contribution is 5.46.